The van der Waals surface area contributed by atoms with E-state index < -0.39 is 12.4 Å². The van der Waals surface area contributed by atoms with Gasteiger partial charge in [0.2, 0.25) is 6.29 Å². The van der Waals surface area contributed by atoms with Crippen molar-refractivity contribution in [2.24, 2.45) is 11.8 Å². The average molecular weight is 184 g/mol. The maximum atomic E-state index is 9.54. The van der Waals surface area contributed by atoms with Gasteiger partial charge in [-0.3, -0.25) is 0 Å². The van der Waals surface area contributed by atoms with Crippen LogP contribution >= 0.6 is 0 Å². The molecule has 0 amide bonds. The Labute approximate surface area is 75.8 Å². The quantitative estimate of drug-likeness (QED) is 0.475. The first-order valence-electron chi connectivity index (χ1n) is 4.23. The number of hydrogen-bond donors (Lipinski definition) is 3. The molecule has 13 heavy (non-hydrogen) atoms. The van der Waals surface area contributed by atoms with Gasteiger partial charge in [-0.1, -0.05) is 6.08 Å². The third-order valence-electron chi connectivity index (χ3n) is 2.63. The van der Waals surface area contributed by atoms with Crippen LogP contribution in [0.3, 0.4) is 0 Å². The lowest BCUT2D eigenvalue weighted by Gasteiger charge is -2.29. The number of rotatable bonds is 1. The van der Waals surface area contributed by atoms with Crippen molar-refractivity contribution in [2.75, 3.05) is 6.61 Å². The first-order chi connectivity index (χ1) is 6.24. The molecule has 72 valence electrons. The Morgan fingerprint density at radius 1 is 1.38 bits per heavy atom. The minimum atomic E-state index is -0.953. The van der Waals surface area contributed by atoms with E-state index in [-0.39, 0.29) is 18.4 Å². The monoisotopic (exact) mass is 184 g/mol. The van der Waals surface area contributed by atoms with Gasteiger partial charge >= 0.3 is 0 Å². The lowest BCUT2D eigenvalue weighted by molar-refractivity contribution is -0.108. The molecule has 4 nitrogen and oxygen atoms in total. The molecule has 4 heteroatoms. The molecule has 4 atom stereocenters. The molecule has 0 saturated heterocycles. The second kappa shape index (κ2) is 3.14. The van der Waals surface area contributed by atoms with E-state index in [0.29, 0.717) is 5.57 Å². The summed E-state index contributed by atoms with van der Waals surface area (Å²) in [7, 11) is 0. The Kier molecular flexibility index (Phi) is 2.11. The van der Waals surface area contributed by atoms with Gasteiger partial charge in [0.05, 0.1) is 24.9 Å². The van der Waals surface area contributed by atoms with Crippen molar-refractivity contribution >= 4 is 0 Å². The number of hydrogen-bond acceptors (Lipinski definition) is 4. The molecule has 1 aliphatic carbocycles. The Hall–Kier alpha value is -0.840. The van der Waals surface area contributed by atoms with Crippen molar-refractivity contribution in [1.29, 1.82) is 0 Å². The summed E-state index contributed by atoms with van der Waals surface area (Å²) in [4.78, 5) is 0. The summed E-state index contributed by atoms with van der Waals surface area (Å²) in [6, 6.07) is 0. The summed E-state index contributed by atoms with van der Waals surface area (Å²) in [5.41, 5.74) is 0.648. The van der Waals surface area contributed by atoms with E-state index in [1.165, 1.54) is 6.26 Å². The summed E-state index contributed by atoms with van der Waals surface area (Å²) in [6.07, 6.45) is 3.11. The predicted octanol–water partition coefficient (Wildman–Crippen LogP) is -0.626. The molecule has 3 N–H and O–H groups in total. The molecular weight excluding hydrogens is 172 g/mol. The van der Waals surface area contributed by atoms with Gasteiger partial charge in [-0.05, 0) is 11.6 Å². The highest BCUT2D eigenvalue weighted by molar-refractivity contribution is 5.25. The van der Waals surface area contributed by atoms with Crippen molar-refractivity contribution in [3.8, 4) is 0 Å². The van der Waals surface area contributed by atoms with Crippen LogP contribution in [0.25, 0.3) is 0 Å². The van der Waals surface area contributed by atoms with Gasteiger partial charge < -0.3 is 20.1 Å². The Balaban J connectivity index is 2.27. The van der Waals surface area contributed by atoms with Crippen LogP contribution in [0.1, 0.15) is 0 Å². The standard InChI is InChI=1S/C9H12O4/c10-4-5-3-7(11)6-1-2-13-9(12)8(5)6/h1-3,6-12H,4H2/t6-,7?,8+,9?/m0/s1. The molecule has 0 aromatic rings. The number of aliphatic hydroxyl groups excluding tert-OH is 3. The van der Waals surface area contributed by atoms with Gasteiger partial charge in [-0.2, -0.15) is 0 Å². The van der Waals surface area contributed by atoms with Crippen LogP contribution in [0.4, 0.5) is 0 Å². The first-order valence-corrected chi connectivity index (χ1v) is 4.23. The lowest BCUT2D eigenvalue weighted by atomic mass is 9.88. The number of aliphatic hydroxyl groups is 3. The summed E-state index contributed by atoms with van der Waals surface area (Å²) in [6.45, 7) is -0.146. The zero-order valence-corrected chi connectivity index (χ0v) is 7.00. The van der Waals surface area contributed by atoms with E-state index in [9.17, 15) is 10.2 Å². The van der Waals surface area contributed by atoms with Crippen LogP contribution in [0, 0.1) is 11.8 Å². The van der Waals surface area contributed by atoms with Gasteiger partial charge in [0.25, 0.3) is 0 Å². The van der Waals surface area contributed by atoms with E-state index in [2.05, 4.69) is 0 Å². The molecule has 0 aromatic heterocycles. The Morgan fingerprint density at radius 3 is 2.85 bits per heavy atom. The fraction of sp³-hybridized carbons (Fsp3) is 0.556. The van der Waals surface area contributed by atoms with Gasteiger partial charge in [-0.25, -0.2) is 0 Å². The molecule has 0 saturated carbocycles. The van der Waals surface area contributed by atoms with E-state index in [1.54, 1.807) is 12.2 Å². The largest absolute Gasteiger partial charge is 0.472 e. The van der Waals surface area contributed by atoms with Gasteiger partial charge in [-0.15, -0.1) is 0 Å². The second-order valence-corrected chi connectivity index (χ2v) is 3.35. The van der Waals surface area contributed by atoms with Crippen molar-refractivity contribution < 1.29 is 20.1 Å². The van der Waals surface area contributed by atoms with E-state index >= 15 is 0 Å². The fourth-order valence-electron chi connectivity index (χ4n) is 1.97. The molecule has 1 heterocycles. The van der Waals surface area contributed by atoms with Crippen LogP contribution in [0.15, 0.2) is 24.0 Å². The van der Waals surface area contributed by atoms with E-state index in [1.807, 2.05) is 0 Å². The normalized spacial score (nSPS) is 42.5. The van der Waals surface area contributed by atoms with Gasteiger partial charge in [0.15, 0.2) is 0 Å². The van der Waals surface area contributed by atoms with Crippen LogP contribution in [-0.2, 0) is 4.74 Å². The third kappa shape index (κ3) is 1.27. The zero-order chi connectivity index (χ0) is 9.42. The highest BCUT2D eigenvalue weighted by Crippen LogP contribution is 2.38. The summed E-state index contributed by atoms with van der Waals surface area (Å²) in [5, 5.41) is 28.0. The molecule has 2 aliphatic rings. The molecular formula is C9H12O4. The van der Waals surface area contributed by atoms with Crippen molar-refractivity contribution in [1.82, 2.24) is 0 Å². The highest BCUT2D eigenvalue weighted by atomic mass is 16.6. The minimum Gasteiger partial charge on any atom is -0.472 e. The van der Waals surface area contributed by atoms with Crippen LogP contribution in [0.2, 0.25) is 0 Å². The fourth-order valence-corrected chi connectivity index (χ4v) is 1.97. The highest BCUT2D eigenvalue weighted by Gasteiger charge is 2.41. The van der Waals surface area contributed by atoms with Crippen molar-refractivity contribution in [3.63, 3.8) is 0 Å². The summed E-state index contributed by atoms with van der Waals surface area (Å²) < 4.78 is 4.88. The van der Waals surface area contributed by atoms with Gasteiger partial charge in [0.1, 0.15) is 0 Å². The molecule has 0 fully saturated rings. The molecule has 0 spiro atoms. The van der Waals surface area contributed by atoms with Crippen LogP contribution < -0.4 is 0 Å². The molecule has 2 unspecified atom stereocenters. The van der Waals surface area contributed by atoms with Crippen molar-refractivity contribution in [3.05, 3.63) is 24.0 Å². The SMILES string of the molecule is OCC1=CC(O)[C@@H]2C=COC(O)[C@H]12. The summed E-state index contributed by atoms with van der Waals surface area (Å²) >= 11 is 0. The second-order valence-electron chi connectivity index (χ2n) is 3.35. The predicted molar refractivity (Wildman–Crippen MR) is 44.4 cm³/mol. The van der Waals surface area contributed by atoms with E-state index in [0.717, 1.165) is 0 Å². The van der Waals surface area contributed by atoms with Crippen LogP contribution in [0.5, 0.6) is 0 Å². The van der Waals surface area contributed by atoms with Gasteiger partial charge in [0, 0.05) is 5.92 Å². The Bertz CT molecular complexity index is 258. The molecule has 0 bridgehead atoms. The molecule has 0 radical (unpaired) electrons. The Morgan fingerprint density at radius 2 is 2.15 bits per heavy atom. The zero-order valence-electron chi connectivity index (χ0n) is 7.00. The topological polar surface area (TPSA) is 69.9 Å². The van der Waals surface area contributed by atoms with Crippen molar-refractivity contribution in [2.45, 2.75) is 12.4 Å². The lowest BCUT2D eigenvalue weighted by Crippen LogP contribution is -2.34. The average Bonchev–Trinajstić information content (AvgIpc) is 2.45. The maximum Gasteiger partial charge on any atom is 0.203 e. The number of ether oxygens (including phenoxy) is 1. The summed E-state index contributed by atoms with van der Waals surface area (Å²) in [5.74, 6) is -0.462. The van der Waals surface area contributed by atoms with E-state index in [4.69, 9.17) is 9.84 Å². The van der Waals surface area contributed by atoms with Crippen LogP contribution in [-0.4, -0.2) is 34.3 Å². The third-order valence-corrected chi connectivity index (χ3v) is 2.63. The smallest absolute Gasteiger partial charge is 0.203 e. The molecule has 1 aliphatic heterocycles. The number of fused-ring (bicyclic) bond motifs is 1. The molecule has 0 aromatic carbocycles. The molecule has 2 rings (SSSR count). The maximum absolute atomic E-state index is 9.54. The minimum absolute atomic E-state index is 0.146. The first kappa shape index (κ1) is 8.74.